The van der Waals surface area contributed by atoms with Gasteiger partial charge in [-0.15, -0.1) is 0 Å². The van der Waals surface area contributed by atoms with Crippen molar-refractivity contribution in [3.8, 4) is 0 Å². The number of anilines is 2. The first-order valence-electron chi connectivity index (χ1n) is 8.77. The number of hydrogen-bond acceptors (Lipinski definition) is 4. The van der Waals surface area contributed by atoms with Crippen molar-refractivity contribution in [2.75, 3.05) is 22.7 Å². The smallest absolute Gasteiger partial charge is 0.263 e. The third-order valence-corrected chi connectivity index (χ3v) is 6.09. The zero-order valence-electron chi connectivity index (χ0n) is 14.8. The molecule has 2 aromatic rings. The topological polar surface area (TPSA) is 62.3 Å². The van der Waals surface area contributed by atoms with E-state index in [1.54, 1.807) is 25.3 Å². The third kappa shape index (κ3) is 4.31. The number of rotatable bonds is 4. The number of aryl methyl sites for hydroxylation is 2. The lowest BCUT2D eigenvalue weighted by atomic mass is 10.2. The minimum absolute atomic E-state index is 0.297. The molecule has 1 aliphatic heterocycles. The van der Waals surface area contributed by atoms with Crippen molar-refractivity contribution in [2.45, 2.75) is 44.4 Å². The summed E-state index contributed by atoms with van der Waals surface area (Å²) in [5.74, 6) is 0.347. The number of sulfonamides is 1. The van der Waals surface area contributed by atoms with Gasteiger partial charge in [-0.1, -0.05) is 25.0 Å². The Morgan fingerprint density at radius 1 is 1.00 bits per heavy atom. The van der Waals surface area contributed by atoms with Gasteiger partial charge in [-0.2, -0.15) is 0 Å². The summed E-state index contributed by atoms with van der Waals surface area (Å²) in [7, 11) is -3.64. The second-order valence-electron chi connectivity index (χ2n) is 6.68. The Bertz CT molecular complexity index is 824. The SMILES string of the molecule is Cc1ccc(C)c(S(=O)(=O)Nc2ccc(N3CCCCCC3)cn2)c1. The van der Waals surface area contributed by atoms with Gasteiger partial charge in [0, 0.05) is 13.1 Å². The lowest BCUT2D eigenvalue weighted by Crippen LogP contribution is -2.24. The minimum Gasteiger partial charge on any atom is -0.370 e. The number of aromatic nitrogens is 1. The molecule has 1 aromatic carbocycles. The van der Waals surface area contributed by atoms with Crippen molar-refractivity contribution < 1.29 is 8.42 Å². The fourth-order valence-electron chi connectivity index (χ4n) is 3.15. The Morgan fingerprint density at radius 2 is 1.72 bits per heavy atom. The molecule has 1 saturated heterocycles. The summed E-state index contributed by atoms with van der Waals surface area (Å²) >= 11 is 0. The van der Waals surface area contributed by atoms with Crippen LogP contribution in [0, 0.1) is 13.8 Å². The van der Waals surface area contributed by atoms with Crippen molar-refractivity contribution in [2.24, 2.45) is 0 Å². The monoisotopic (exact) mass is 359 g/mol. The highest BCUT2D eigenvalue weighted by Gasteiger charge is 2.18. The lowest BCUT2D eigenvalue weighted by Gasteiger charge is -2.22. The van der Waals surface area contributed by atoms with E-state index in [9.17, 15) is 8.42 Å². The molecule has 1 aromatic heterocycles. The molecular formula is C19H25N3O2S. The highest BCUT2D eigenvalue weighted by atomic mass is 32.2. The van der Waals surface area contributed by atoms with Gasteiger partial charge in [-0.25, -0.2) is 13.4 Å². The summed E-state index contributed by atoms with van der Waals surface area (Å²) in [5, 5.41) is 0. The lowest BCUT2D eigenvalue weighted by molar-refractivity contribution is 0.600. The predicted molar refractivity (Wildman–Crippen MR) is 102 cm³/mol. The molecule has 1 aliphatic rings. The predicted octanol–water partition coefficient (Wildman–Crippen LogP) is 3.88. The van der Waals surface area contributed by atoms with Crippen LogP contribution in [0.5, 0.6) is 0 Å². The second-order valence-corrected chi connectivity index (χ2v) is 8.33. The van der Waals surface area contributed by atoms with E-state index in [1.807, 2.05) is 25.1 Å². The molecule has 2 heterocycles. The van der Waals surface area contributed by atoms with Gasteiger partial charge in [-0.05, 0) is 56.0 Å². The fourth-order valence-corrected chi connectivity index (χ4v) is 4.49. The van der Waals surface area contributed by atoms with Crippen LogP contribution in [0.1, 0.15) is 36.8 Å². The molecule has 1 N–H and O–H groups in total. The van der Waals surface area contributed by atoms with Gasteiger partial charge in [0.15, 0.2) is 0 Å². The van der Waals surface area contributed by atoms with Crippen LogP contribution in [0.3, 0.4) is 0 Å². The molecule has 0 aliphatic carbocycles. The Kier molecular flexibility index (Phi) is 5.27. The number of hydrogen-bond donors (Lipinski definition) is 1. The second kappa shape index (κ2) is 7.44. The van der Waals surface area contributed by atoms with Gasteiger partial charge in [0.1, 0.15) is 5.82 Å². The van der Waals surface area contributed by atoms with E-state index < -0.39 is 10.0 Å². The summed E-state index contributed by atoms with van der Waals surface area (Å²) in [6, 6.07) is 9.09. The number of benzene rings is 1. The highest BCUT2D eigenvalue weighted by molar-refractivity contribution is 7.92. The zero-order chi connectivity index (χ0) is 17.9. The largest absolute Gasteiger partial charge is 0.370 e. The maximum atomic E-state index is 12.6. The van der Waals surface area contributed by atoms with Crippen LogP contribution in [0.2, 0.25) is 0 Å². The van der Waals surface area contributed by atoms with Gasteiger partial charge in [0.2, 0.25) is 0 Å². The zero-order valence-corrected chi connectivity index (χ0v) is 15.6. The normalized spacial score (nSPS) is 15.7. The highest BCUT2D eigenvalue weighted by Crippen LogP contribution is 2.22. The molecule has 0 amide bonds. The molecule has 3 rings (SSSR count). The summed E-state index contributed by atoms with van der Waals surface area (Å²) < 4.78 is 27.9. The standard InChI is InChI=1S/C19H25N3O2S/c1-15-7-8-16(2)18(13-15)25(23,24)21-19-10-9-17(14-20-19)22-11-5-3-4-6-12-22/h7-10,13-14H,3-6,11-12H2,1-2H3,(H,20,21). The van der Waals surface area contributed by atoms with E-state index in [-0.39, 0.29) is 0 Å². The first kappa shape index (κ1) is 17.7. The van der Waals surface area contributed by atoms with Gasteiger partial charge in [0.05, 0.1) is 16.8 Å². The molecule has 0 spiro atoms. The molecule has 5 nitrogen and oxygen atoms in total. The summed E-state index contributed by atoms with van der Waals surface area (Å²) in [5.41, 5.74) is 2.69. The summed E-state index contributed by atoms with van der Waals surface area (Å²) in [6.45, 7) is 5.75. The van der Waals surface area contributed by atoms with Crippen LogP contribution in [-0.2, 0) is 10.0 Å². The third-order valence-electron chi connectivity index (χ3n) is 4.59. The quantitative estimate of drug-likeness (QED) is 0.900. The first-order valence-corrected chi connectivity index (χ1v) is 10.3. The Balaban J connectivity index is 1.77. The average molecular weight is 359 g/mol. The van der Waals surface area contributed by atoms with Crippen LogP contribution in [0.4, 0.5) is 11.5 Å². The maximum absolute atomic E-state index is 12.6. The molecule has 134 valence electrons. The molecule has 1 fully saturated rings. The van der Waals surface area contributed by atoms with E-state index in [4.69, 9.17) is 0 Å². The summed E-state index contributed by atoms with van der Waals surface area (Å²) in [4.78, 5) is 6.93. The molecular weight excluding hydrogens is 334 g/mol. The molecule has 0 saturated carbocycles. The van der Waals surface area contributed by atoms with Gasteiger partial charge < -0.3 is 4.90 Å². The molecule has 0 atom stereocenters. The Hall–Kier alpha value is -2.08. The van der Waals surface area contributed by atoms with E-state index >= 15 is 0 Å². The van der Waals surface area contributed by atoms with Crippen LogP contribution in [-0.4, -0.2) is 26.5 Å². The first-order chi connectivity index (χ1) is 12.0. The molecule has 25 heavy (non-hydrogen) atoms. The minimum atomic E-state index is -3.64. The molecule has 0 unspecified atom stereocenters. The van der Waals surface area contributed by atoms with Crippen molar-refractivity contribution in [3.63, 3.8) is 0 Å². The van der Waals surface area contributed by atoms with Crippen LogP contribution in [0.15, 0.2) is 41.4 Å². The van der Waals surface area contributed by atoms with Gasteiger partial charge in [-0.3, -0.25) is 4.72 Å². The van der Waals surface area contributed by atoms with Crippen molar-refractivity contribution in [1.29, 1.82) is 0 Å². The van der Waals surface area contributed by atoms with Crippen molar-refractivity contribution in [1.82, 2.24) is 4.98 Å². The molecule has 0 radical (unpaired) electrons. The molecule has 6 heteroatoms. The van der Waals surface area contributed by atoms with Crippen LogP contribution < -0.4 is 9.62 Å². The maximum Gasteiger partial charge on any atom is 0.263 e. The number of pyridine rings is 1. The van der Waals surface area contributed by atoms with Crippen molar-refractivity contribution >= 4 is 21.5 Å². The van der Waals surface area contributed by atoms with E-state index in [0.717, 1.165) is 29.9 Å². The summed E-state index contributed by atoms with van der Waals surface area (Å²) in [6.07, 6.45) is 6.70. The van der Waals surface area contributed by atoms with Crippen molar-refractivity contribution in [3.05, 3.63) is 47.7 Å². The van der Waals surface area contributed by atoms with Crippen LogP contribution in [0.25, 0.3) is 0 Å². The Morgan fingerprint density at radius 3 is 2.36 bits per heavy atom. The van der Waals surface area contributed by atoms with Crippen LogP contribution >= 0.6 is 0 Å². The van der Waals surface area contributed by atoms with Gasteiger partial charge >= 0.3 is 0 Å². The fraction of sp³-hybridized carbons (Fsp3) is 0.421. The molecule has 0 bridgehead atoms. The van der Waals surface area contributed by atoms with Gasteiger partial charge in [0.25, 0.3) is 10.0 Å². The van der Waals surface area contributed by atoms with E-state index in [0.29, 0.717) is 10.7 Å². The number of nitrogens with one attached hydrogen (secondary N) is 1. The average Bonchev–Trinajstić information content (AvgIpc) is 2.87. The van der Waals surface area contributed by atoms with E-state index in [2.05, 4.69) is 14.6 Å². The number of nitrogens with zero attached hydrogens (tertiary/aromatic N) is 2. The Labute approximate surface area is 150 Å². The van der Waals surface area contributed by atoms with E-state index in [1.165, 1.54) is 25.7 Å².